The molecule has 0 saturated heterocycles. The van der Waals surface area contributed by atoms with Gasteiger partial charge in [0, 0.05) is 42.1 Å². The van der Waals surface area contributed by atoms with Crippen molar-refractivity contribution in [3.63, 3.8) is 0 Å². The topological polar surface area (TPSA) is 64.2 Å². The van der Waals surface area contributed by atoms with Crippen molar-refractivity contribution >= 4 is 29.2 Å². The van der Waals surface area contributed by atoms with Gasteiger partial charge < -0.3 is 14.2 Å². The van der Waals surface area contributed by atoms with Crippen LogP contribution in [0.2, 0.25) is 10.0 Å². The number of aromatic nitrogens is 2. The molecule has 5 nitrogen and oxygen atoms in total. The van der Waals surface area contributed by atoms with Gasteiger partial charge in [0.25, 0.3) is 5.56 Å². The van der Waals surface area contributed by atoms with Crippen LogP contribution in [0.4, 0.5) is 0 Å². The fourth-order valence-electron chi connectivity index (χ4n) is 3.61. The van der Waals surface area contributed by atoms with Crippen molar-refractivity contribution in [2.24, 2.45) is 7.05 Å². The SMILES string of the molecule is CC(C)n1ccc(C(=O)O)c1C(Cc1cc(Cl)c(=O)n(C)c1)c1ccc(Cl)cc1. The molecule has 3 rings (SSSR count). The largest absolute Gasteiger partial charge is 0.478 e. The summed E-state index contributed by atoms with van der Waals surface area (Å²) in [6.45, 7) is 4.02. The number of benzene rings is 1. The molecule has 3 aromatic rings. The van der Waals surface area contributed by atoms with Gasteiger partial charge in [0.05, 0.1) is 5.56 Å². The highest BCUT2D eigenvalue weighted by atomic mass is 35.5. The van der Waals surface area contributed by atoms with E-state index in [-0.39, 0.29) is 28.1 Å². The number of aromatic carboxylic acids is 1. The quantitative estimate of drug-likeness (QED) is 0.585. The number of hydrogen-bond acceptors (Lipinski definition) is 2. The normalized spacial score (nSPS) is 12.3. The second-order valence-corrected chi connectivity index (χ2v) is 8.19. The molecule has 1 unspecified atom stereocenters. The third-order valence-electron chi connectivity index (χ3n) is 4.98. The summed E-state index contributed by atoms with van der Waals surface area (Å²) in [4.78, 5) is 23.9. The predicted octanol–water partition coefficient (Wildman–Crippen LogP) is 5.15. The Labute approximate surface area is 179 Å². The minimum absolute atomic E-state index is 0.0802. The average Bonchev–Trinajstić information content (AvgIpc) is 3.10. The second-order valence-electron chi connectivity index (χ2n) is 7.34. The lowest BCUT2D eigenvalue weighted by molar-refractivity contribution is 0.0695. The molecular formula is C22H22Cl2N2O3. The molecule has 1 N–H and O–H groups in total. The fraction of sp³-hybridized carbons (Fsp3) is 0.273. The Bertz CT molecular complexity index is 1070. The van der Waals surface area contributed by atoms with Crippen molar-refractivity contribution in [2.45, 2.75) is 32.2 Å². The summed E-state index contributed by atoms with van der Waals surface area (Å²) in [6, 6.07) is 10.8. The van der Waals surface area contributed by atoms with Crippen LogP contribution < -0.4 is 5.56 Å². The third kappa shape index (κ3) is 4.41. The molecule has 0 amide bonds. The summed E-state index contributed by atoms with van der Waals surface area (Å²) in [7, 11) is 1.65. The first kappa shape index (κ1) is 21.2. The van der Waals surface area contributed by atoms with Gasteiger partial charge in [0.2, 0.25) is 0 Å². The minimum Gasteiger partial charge on any atom is -0.478 e. The highest BCUT2D eigenvalue weighted by molar-refractivity contribution is 6.30. The van der Waals surface area contributed by atoms with Gasteiger partial charge in [-0.15, -0.1) is 0 Å². The van der Waals surface area contributed by atoms with Crippen molar-refractivity contribution in [1.82, 2.24) is 9.13 Å². The fourth-order valence-corrected chi connectivity index (χ4v) is 4.01. The zero-order chi connectivity index (χ0) is 21.3. The van der Waals surface area contributed by atoms with Gasteiger partial charge >= 0.3 is 5.97 Å². The molecule has 0 bridgehead atoms. The van der Waals surface area contributed by atoms with Crippen LogP contribution in [0.15, 0.2) is 53.6 Å². The number of hydrogen-bond donors (Lipinski definition) is 1. The van der Waals surface area contributed by atoms with E-state index < -0.39 is 5.97 Å². The summed E-state index contributed by atoms with van der Waals surface area (Å²) < 4.78 is 3.42. The van der Waals surface area contributed by atoms with Crippen LogP contribution in [0, 0.1) is 0 Å². The monoisotopic (exact) mass is 432 g/mol. The summed E-state index contributed by atoms with van der Waals surface area (Å²) in [5, 5.41) is 10.5. The standard InChI is InChI=1S/C22H22Cl2N2O3/c1-13(2)26-9-8-17(22(28)29)20(26)18(15-4-6-16(23)7-5-15)10-14-11-19(24)21(27)25(3)12-14/h4-9,11-13,18H,10H2,1-3H3,(H,28,29). The molecule has 0 fully saturated rings. The van der Waals surface area contributed by atoms with Gasteiger partial charge in [-0.2, -0.15) is 0 Å². The van der Waals surface area contributed by atoms with E-state index in [0.717, 1.165) is 11.1 Å². The van der Waals surface area contributed by atoms with E-state index in [4.69, 9.17) is 23.2 Å². The maximum absolute atomic E-state index is 12.0. The summed E-state index contributed by atoms with van der Waals surface area (Å²) in [5.41, 5.74) is 2.47. The molecule has 2 aromatic heterocycles. The van der Waals surface area contributed by atoms with Crippen LogP contribution >= 0.6 is 23.2 Å². The van der Waals surface area contributed by atoms with Crippen LogP contribution in [-0.2, 0) is 13.5 Å². The molecule has 152 valence electrons. The third-order valence-corrected chi connectivity index (χ3v) is 5.50. The van der Waals surface area contributed by atoms with E-state index >= 15 is 0 Å². The maximum atomic E-state index is 12.0. The molecule has 2 heterocycles. The van der Waals surface area contributed by atoms with Gasteiger partial charge in [0.1, 0.15) is 5.02 Å². The highest BCUT2D eigenvalue weighted by Gasteiger charge is 2.26. The first-order valence-corrected chi connectivity index (χ1v) is 9.99. The zero-order valence-corrected chi connectivity index (χ0v) is 17.9. The second kappa shape index (κ2) is 8.47. The average molecular weight is 433 g/mol. The Hall–Kier alpha value is -2.50. The van der Waals surface area contributed by atoms with E-state index in [2.05, 4.69) is 0 Å². The molecule has 0 radical (unpaired) electrons. The van der Waals surface area contributed by atoms with Crippen LogP contribution in [0.3, 0.4) is 0 Å². The van der Waals surface area contributed by atoms with Crippen molar-refractivity contribution in [3.05, 3.63) is 91.6 Å². The Balaban J connectivity index is 2.20. The summed E-state index contributed by atoms with van der Waals surface area (Å²) in [5.74, 6) is -1.24. The van der Waals surface area contributed by atoms with Crippen LogP contribution in [-0.4, -0.2) is 20.2 Å². The number of halogens is 2. The number of rotatable bonds is 6. The number of nitrogens with zero attached hydrogens (tertiary/aromatic N) is 2. The number of carboxylic acids is 1. The smallest absolute Gasteiger partial charge is 0.337 e. The van der Waals surface area contributed by atoms with Gasteiger partial charge in [-0.25, -0.2) is 4.79 Å². The first-order valence-electron chi connectivity index (χ1n) is 9.23. The number of carboxylic acid groups (broad SMARTS) is 1. The lowest BCUT2D eigenvalue weighted by Gasteiger charge is -2.24. The maximum Gasteiger partial charge on any atom is 0.337 e. The molecule has 0 aliphatic carbocycles. The van der Waals surface area contributed by atoms with E-state index in [0.29, 0.717) is 17.1 Å². The Kier molecular flexibility index (Phi) is 6.20. The molecular weight excluding hydrogens is 411 g/mol. The molecule has 0 aliphatic heterocycles. The lowest BCUT2D eigenvalue weighted by atomic mass is 9.87. The Morgan fingerprint density at radius 3 is 2.34 bits per heavy atom. The van der Waals surface area contributed by atoms with Crippen molar-refractivity contribution < 1.29 is 9.90 Å². The highest BCUT2D eigenvalue weighted by Crippen LogP contribution is 2.34. The van der Waals surface area contributed by atoms with Gasteiger partial charge in [-0.3, -0.25) is 4.79 Å². The molecule has 1 aromatic carbocycles. The Morgan fingerprint density at radius 1 is 1.14 bits per heavy atom. The summed E-state index contributed by atoms with van der Waals surface area (Å²) in [6.07, 6.45) is 4.02. The molecule has 0 saturated carbocycles. The zero-order valence-electron chi connectivity index (χ0n) is 16.4. The molecule has 0 spiro atoms. The summed E-state index contributed by atoms with van der Waals surface area (Å²) >= 11 is 12.2. The molecule has 0 aliphatic rings. The molecule has 7 heteroatoms. The van der Waals surface area contributed by atoms with Crippen molar-refractivity contribution in [3.8, 4) is 0 Å². The van der Waals surface area contributed by atoms with Crippen LogP contribution in [0.5, 0.6) is 0 Å². The van der Waals surface area contributed by atoms with Crippen molar-refractivity contribution in [1.29, 1.82) is 0 Å². The van der Waals surface area contributed by atoms with E-state index in [1.807, 2.05) is 30.5 Å². The predicted molar refractivity (Wildman–Crippen MR) is 115 cm³/mol. The van der Waals surface area contributed by atoms with Crippen LogP contribution in [0.25, 0.3) is 0 Å². The Morgan fingerprint density at radius 2 is 1.79 bits per heavy atom. The lowest BCUT2D eigenvalue weighted by Crippen LogP contribution is -2.20. The number of pyridine rings is 1. The van der Waals surface area contributed by atoms with E-state index in [1.165, 1.54) is 4.57 Å². The van der Waals surface area contributed by atoms with Gasteiger partial charge in [-0.1, -0.05) is 35.3 Å². The number of aryl methyl sites for hydroxylation is 1. The number of carbonyl (C=O) groups is 1. The minimum atomic E-state index is -0.975. The van der Waals surface area contributed by atoms with Gasteiger partial charge in [-0.05, 0) is 55.7 Å². The molecule has 1 atom stereocenters. The van der Waals surface area contributed by atoms with Gasteiger partial charge in [0.15, 0.2) is 0 Å². The van der Waals surface area contributed by atoms with Crippen LogP contribution in [0.1, 0.15) is 53.0 Å². The van der Waals surface area contributed by atoms with E-state index in [1.54, 1.807) is 43.7 Å². The first-order chi connectivity index (χ1) is 13.7. The van der Waals surface area contributed by atoms with E-state index in [9.17, 15) is 14.7 Å². The van der Waals surface area contributed by atoms with Crippen molar-refractivity contribution in [2.75, 3.05) is 0 Å². The molecule has 29 heavy (non-hydrogen) atoms.